The zero-order valence-corrected chi connectivity index (χ0v) is 49.8. The minimum Gasteiger partial charge on any atom is -0.309 e. The molecule has 0 amide bonds. The summed E-state index contributed by atoms with van der Waals surface area (Å²) in [6.07, 6.45) is 0. The van der Waals surface area contributed by atoms with Gasteiger partial charge in [-0.05, 0) is 162 Å². The van der Waals surface area contributed by atoms with Crippen molar-refractivity contribution in [3.8, 4) is 66.8 Å². The van der Waals surface area contributed by atoms with E-state index in [0.29, 0.717) is 0 Å². The highest BCUT2D eigenvalue weighted by Crippen LogP contribution is 2.55. The van der Waals surface area contributed by atoms with E-state index < -0.39 is 0 Å². The summed E-state index contributed by atoms with van der Waals surface area (Å²) in [5.41, 5.74) is 25.9. The Labute approximate surface area is 506 Å². The van der Waals surface area contributed by atoms with Gasteiger partial charge in [-0.25, -0.2) is 0 Å². The predicted octanol–water partition coefficient (Wildman–Crippen LogP) is 24.4. The summed E-state index contributed by atoms with van der Waals surface area (Å²) in [7, 11) is 0. The van der Waals surface area contributed by atoms with Crippen molar-refractivity contribution in [2.75, 3.05) is 9.80 Å². The van der Waals surface area contributed by atoms with Gasteiger partial charge in [0.1, 0.15) is 0 Å². The predicted molar refractivity (Wildman–Crippen MR) is 370 cm³/mol. The van der Waals surface area contributed by atoms with Gasteiger partial charge in [0.25, 0.3) is 0 Å². The molecule has 2 heteroatoms. The fourth-order valence-electron chi connectivity index (χ4n) is 13.5. The lowest BCUT2D eigenvalue weighted by Gasteiger charge is -2.34. The van der Waals surface area contributed by atoms with Gasteiger partial charge in [0.2, 0.25) is 0 Å². The van der Waals surface area contributed by atoms with Crippen molar-refractivity contribution in [1.29, 1.82) is 0 Å². The van der Waals surface area contributed by atoms with Crippen molar-refractivity contribution in [3.63, 3.8) is 0 Å². The Balaban J connectivity index is 1.13. The molecule has 0 aliphatic heterocycles. The Hall–Kier alpha value is -10.3. The molecular formula is C84H68N2. The fraction of sp³-hybridized carbons (Fsp3) is 0.0952. The van der Waals surface area contributed by atoms with Crippen LogP contribution in [0.2, 0.25) is 0 Å². The second kappa shape index (κ2) is 22.7. The van der Waals surface area contributed by atoms with E-state index >= 15 is 0 Å². The lowest BCUT2D eigenvalue weighted by molar-refractivity contribution is 0.875. The highest BCUT2D eigenvalue weighted by atomic mass is 15.2. The minimum atomic E-state index is 0.194. The molecule has 0 bridgehead atoms. The highest BCUT2D eigenvalue weighted by molar-refractivity contribution is 6.30. The van der Waals surface area contributed by atoms with Crippen molar-refractivity contribution in [2.24, 2.45) is 0 Å². The van der Waals surface area contributed by atoms with Crippen LogP contribution in [0.25, 0.3) is 99.1 Å². The molecule has 14 rings (SSSR count). The second-order valence-corrected chi connectivity index (χ2v) is 23.6. The van der Waals surface area contributed by atoms with Gasteiger partial charge >= 0.3 is 0 Å². The maximum absolute atomic E-state index is 2.62. The lowest BCUT2D eigenvalue weighted by atomic mass is 9.83. The molecule has 14 aromatic rings. The van der Waals surface area contributed by atoms with Crippen molar-refractivity contribution in [1.82, 2.24) is 0 Å². The first-order chi connectivity index (χ1) is 42.2. The lowest BCUT2D eigenvalue weighted by Crippen LogP contribution is -2.15. The number of anilines is 6. The third kappa shape index (κ3) is 9.58. The molecular weight excluding hydrogens is 1040 g/mol. The van der Waals surface area contributed by atoms with E-state index in [0.717, 1.165) is 67.5 Å². The van der Waals surface area contributed by atoms with Crippen molar-refractivity contribution in [2.45, 2.75) is 53.4 Å². The van der Waals surface area contributed by atoms with Gasteiger partial charge < -0.3 is 9.80 Å². The first kappa shape index (κ1) is 53.7. The monoisotopic (exact) mass is 1100 g/mol. The molecule has 0 aliphatic carbocycles. The van der Waals surface area contributed by atoms with Crippen LogP contribution in [0.5, 0.6) is 0 Å². The molecule has 0 aliphatic rings. The van der Waals surface area contributed by atoms with Gasteiger partial charge in [0.05, 0.1) is 22.7 Å². The molecule has 2 nitrogen and oxygen atoms in total. The summed E-state index contributed by atoms with van der Waals surface area (Å²) in [6, 6.07) is 108. The smallest absolute Gasteiger partial charge is 0.0546 e. The quantitative estimate of drug-likeness (QED) is 0.100. The molecule has 86 heavy (non-hydrogen) atoms. The zero-order valence-electron chi connectivity index (χ0n) is 49.8. The summed E-state index contributed by atoms with van der Waals surface area (Å²) in [6.45, 7) is 14.1. The van der Waals surface area contributed by atoms with E-state index in [2.05, 4.69) is 343 Å². The number of nitrogens with zero attached hydrogens (tertiary/aromatic N) is 2. The van der Waals surface area contributed by atoms with Crippen LogP contribution in [0, 0.1) is 13.8 Å². The average molecular weight is 1110 g/mol. The first-order valence-electron chi connectivity index (χ1n) is 30.4. The molecule has 0 fully saturated rings. The molecule has 0 saturated heterocycles. The van der Waals surface area contributed by atoms with Crippen LogP contribution in [-0.4, -0.2) is 0 Å². The largest absolute Gasteiger partial charge is 0.309 e. The Bertz CT molecular complexity index is 4440. The molecule has 414 valence electrons. The maximum Gasteiger partial charge on any atom is 0.0546 e. The maximum atomic E-state index is 2.62. The Morgan fingerprint density at radius 3 is 0.849 bits per heavy atom. The van der Waals surface area contributed by atoms with Crippen LogP contribution >= 0.6 is 0 Å². The van der Waals surface area contributed by atoms with Crippen molar-refractivity contribution in [3.05, 3.63) is 313 Å². The van der Waals surface area contributed by atoms with Crippen LogP contribution in [0.15, 0.2) is 291 Å². The second-order valence-electron chi connectivity index (χ2n) is 23.6. The van der Waals surface area contributed by atoms with E-state index in [-0.39, 0.29) is 11.8 Å². The van der Waals surface area contributed by atoms with Gasteiger partial charge in [-0.15, -0.1) is 0 Å². The van der Waals surface area contributed by atoms with Gasteiger partial charge in [-0.2, -0.15) is 0 Å². The molecule has 0 unspecified atom stereocenters. The Morgan fingerprint density at radius 2 is 0.523 bits per heavy atom. The molecule has 0 spiro atoms. The van der Waals surface area contributed by atoms with E-state index in [4.69, 9.17) is 0 Å². The summed E-state index contributed by atoms with van der Waals surface area (Å²) >= 11 is 0. The molecule has 0 atom stereocenters. The molecule has 0 heterocycles. The van der Waals surface area contributed by atoms with E-state index in [1.165, 1.54) is 88.0 Å². The first-order valence-corrected chi connectivity index (χ1v) is 30.4. The van der Waals surface area contributed by atoms with Gasteiger partial charge in [0.15, 0.2) is 0 Å². The standard InChI is InChI=1S/C84H68N2/c1-55(2)75-53-81(85(77-41-25-39-67(57(77)5)61-31-17-9-18-32-61)79-51-65(59-27-13-7-14-28-59)43-45-69(79)63-35-21-11-22-36-63)73-50-48-72-76(56(3)4)54-82(74-49-47-71(75)83(73)84(72)74)86(78-42-26-40-68(58(78)6)62-33-19-10-20-34-62)80-52-66(60-29-15-8-16-30-60)44-46-70(80)64-37-23-12-24-38-64/h7-56H,1-6H3. The van der Waals surface area contributed by atoms with Gasteiger partial charge in [-0.1, -0.05) is 282 Å². The third-order valence-corrected chi connectivity index (χ3v) is 17.8. The third-order valence-electron chi connectivity index (χ3n) is 17.8. The minimum absolute atomic E-state index is 0.194. The molecule has 0 aromatic heterocycles. The van der Waals surface area contributed by atoms with Crippen LogP contribution in [0.3, 0.4) is 0 Å². The fourth-order valence-corrected chi connectivity index (χ4v) is 13.5. The number of hydrogen-bond acceptors (Lipinski definition) is 2. The number of benzene rings is 14. The highest BCUT2D eigenvalue weighted by Gasteiger charge is 2.30. The van der Waals surface area contributed by atoms with Crippen LogP contribution < -0.4 is 9.80 Å². The van der Waals surface area contributed by atoms with Crippen molar-refractivity contribution >= 4 is 66.4 Å². The molecule has 0 N–H and O–H groups in total. The number of hydrogen-bond donors (Lipinski definition) is 0. The van der Waals surface area contributed by atoms with Crippen LogP contribution in [0.1, 0.15) is 61.8 Å². The van der Waals surface area contributed by atoms with E-state index in [9.17, 15) is 0 Å². The van der Waals surface area contributed by atoms with Crippen LogP contribution in [0.4, 0.5) is 34.1 Å². The summed E-state index contributed by atoms with van der Waals surface area (Å²) in [5, 5.41) is 7.53. The summed E-state index contributed by atoms with van der Waals surface area (Å²) in [4.78, 5) is 5.23. The molecule has 0 radical (unpaired) electrons. The van der Waals surface area contributed by atoms with Crippen LogP contribution in [-0.2, 0) is 0 Å². The number of rotatable bonds is 14. The summed E-state index contributed by atoms with van der Waals surface area (Å²) < 4.78 is 0. The van der Waals surface area contributed by atoms with Crippen molar-refractivity contribution < 1.29 is 0 Å². The summed E-state index contributed by atoms with van der Waals surface area (Å²) in [5.74, 6) is 0.387. The Kier molecular flexibility index (Phi) is 14.2. The Morgan fingerprint density at radius 1 is 0.221 bits per heavy atom. The molecule has 14 aromatic carbocycles. The zero-order chi connectivity index (χ0) is 58.4. The van der Waals surface area contributed by atoms with Gasteiger partial charge in [-0.3, -0.25) is 0 Å². The topological polar surface area (TPSA) is 6.48 Å². The van der Waals surface area contributed by atoms with E-state index in [1.807, 2.05) is 0 Å². The molecule has 0 saturated carbocycles. The normalized spacial score (nSPS) is 11.6. The van der Waals surface area contributed by atoms with Gasteiger partial charge in [0, 0.05) is 33.3 Å². The average Bonchev–Trinajstić information content (AvgIpc) is 0.846. The SMILES string of the molecule is Cc1c(-c2ccccc2)cccc1N(c1cc(-c2ccccc2)ccc1-c1ccccc1)c1cc(C(C)C)c2ccc3c(N(c4cc(-c5ccccc5)ccc4-c4ccccc4)c4cccc(-c5ccccc5)c4C)cc(C(C)C)c4ccc1c2c43. The van der Waals surface area contributed by atoms with E-state index in [1.54, 1.807) is 0 Å².